The van der Waals surface area contributed by atoms with E-state index in [1.54, 1.807) is 6.07 Å². The molecule has 4 amide bonds. The second-order valence-electron chi connectivity index (χ2n) is 9.01. The molecule has 178 valence electrons. The topological polar surface area (TPSA) is 128 Å². The molecule has 0 radical (unpaired) electrons. The van der Waals surface area contributed by atoms with Crippen molar-refractivity contribution < 1.29 is 19.2 Å². The lowest BCUT2D eigenvalue weighted by molar-refractivity contribution is -0.135. The molecule has 3 heterocycles. The minimum Gasteiger partial charge on any atom is -0.369 e. The molecule has 10 nitrogen and oxygen atoms in total. The molecule has 1 aromatic carbocycles. The van der Waals surface area contributed by atoms with Gasteiger partial charge in [-0.1, -0.05) is 6.07 Å². The summed E-state index contributed by atoms with van der Waals surface area (Å²) in [5.74, 6) is -0.943. The predicted molar refractivity (Wildman–Crippen MR) is 123 cm³/mol. The van der Waals surface area contributed by atoms with Crippen LogP contribution in [0.3, 0.4) is 0 Å². The smallest absolute Gasteiger partial charge is 0.252 e. The third kappa shape index (κ3) is 5.88. The molecule has 3 saturated heterocycles. The van der Waals surface area contributed by atoms with Gasteiger partial charge in [0.25, 0.3) is 5.91 Å². The molecule has 3 aliphatic heterocycles. The fourth-order valence-corrected chi connectivity index (χ4v) is 4.52. The van der Waals surface area contributed by atoms with Gasteiger partial charge in [0.15, 0.2) is 0 Å². The van der Waals surface area contributed by atoms with E-state index in [1.165, 1.54) is 0 Å². The Balaban J connectivity index is 1.28. The largest absolute Gasteiger partial charge is 0.369 e. The number of carbonyl (C=O) groups is 4. The second kappa shape index (κ2) is 10.3. The minimum atomic E-state index is -0.699. The first kappa shape index (κ1) is 23.2. The molecule has 3 fully saturated rings. The van der Waals surface area contributed by atoms with Gasteiger partial charge in [-0.15, -0.1) is 0 Å². The second-order valence-corrected chi connectivity index (χ2v) is 9.01. The Morgan fingerprint density at radius 2 is 1.76 bits per heavy atom. The molecular formula is C23H32N6O4. The Kier molecular flexibility index (Phi) is 7.24. The standard InChI is InChI=1S/C23H32N6O4/c24-17-6-8-29(9-7-17)21(31)15-27-10-12-28(13-11-27)18-3-1-2-16(14-18)22(32)25-19-4-5-20(30)26-23(19)33/h1-3,14,17,19H,4-13,15,24H2,(H,25,32)(H,26,30,33). The third-order valence-electron chi connectivity index (χ3n) is 6.64. The van der Waals surface area contributed by atoms with Crippen LogP contribution in [0.1, 0.15) is 36.0 Å². The van der Waals surface area contributed by atoms with E-state index >= 15 is 0 Å². The maximum atomic E-state index is 12.7. The number of hydrogen-bond acceptors (Lipinski definition) is 7. The average Bonchev–Trinajstić information content (AvgIpc) is 2.82. The lowest BCUT2D eigenvalue weighted by Gasteiger charge is -2.37. The minimum absolute atomic E-state index is 0.169. The van der Waals surface area contributed by atoms with Crippen LogP contribution in [0, 0.1) is 0 Å². The fraction of sp³-hybridized carbons (Fsp3) is 0.565. The zero-order valence-electron chi connectivity index (χ0n) is 18.8. The summed E-state index contributed by atoms with van der Waals surface area (Å²) in [4.78, 5) is 54.7. The van der Waals surface area contributed by atoms with Crippen molar-refractivity contribution in [1.82, 2.24) is 20.4 Å². The summed E-state index contributed by atoms with van der Waals surface area (Å²) in [6.45, 7) is 4.98. The van der Waals surface area contributed by atoms with Crippen LogP contribution in [0.25, 0.3) is 0 Å². The lowest BCUT2D eigenvalue weighted by atomic mass is 10.1. The maximum absolute atomic E-state index is 12.7. The molecule has 0 saturated carbocycles. The van der Waals surface area contributed by atoms with Crippen molar-refractivity contribution in [3.63, 3.8) is 0 Å². The van der Waals surface area contributed by atoms with Gasteiger partial charge in [0.2, 0.25) is 17.7 Å². The summed E-state index contributed by atoms with van der Waals surface area (Å²) in [6, 6.07) is 6.82. The number of anilines is 1. The maximum Gasteiger partial charge on any atom is 0.252 e. The molecule has 0 aliphatic carbocycles. The zero-order valence-corrected chi connectivity index (χ0v) is 18.8. The zero-order chi connectivity index (χ0) is 23.4. The van der Waals surface area contributed by atoms with Crippen LogP contribution in [0.4, 0.5) is 5.69 Å². The number of nitrogens with zero attached hydrogens (tertiary/aromatic N) is 3. The van der Waals surface area contributed by atoms with Crippen molar-refractivity contribution in [1.29, 1.82) is 0 Å². The van der Waals surface area contributed by atoms with Crippen molar-refractivity contribution in [3.8, 4) is 0 Å². The summed E-state index contributed by atoms with van der Waals surface area (Å²) < 4.78 is 0. The van der Waals surface area contributed by atoms with E-state index in [4.69, 9.17) is 5.73 Å². The SMILES string of the molecule is NC1CCN(C(=O)CN2CCN(c3cccc(C(=O)NC4CCC(=O)NC4=O)c3)CC2)CC1. The van der Waals surface area contributed by atoms with Crippen molar-refractivity contribution in [3.05, 3.63) is 29.8 Å². The first-order valence-corrected chi connectivity index (χ1v) is 11.6. The number of carbonyl (C=O) groups excluding carboxylic acids is 4. The van der Waals surface area contributed by atoms with Crippen LogP contribution in [0.15, 0.2) is 24.3 Å². The third-order valence-corrected chi connectivity index (χ3v) is 6.64. The molecule has 4 rings (SSSR count). The Labute approximate surface area is 193 Å². The summed E-state index contributed by atoms with van der Waals surface area (Å²) in [5, 5.41) is 4.97. The van der Waals surface area contributed by atoms with E-state index in [0.29, 0.717) is 18.5 Å². The number of hydrogen-bond donors (Lipinski definition) is 3. The quantitative estimate of drug-likeness (QED) is 0.500. The normalized spacial score (nSPS) is 22.8. The number of benzene rings is 1. The van der Waals surface area contributed by atoms with Crippen molar-refractivity contribution in [2.45, 2.75) is 37.8 Å². The number of likely N-dealkylation sites (tertiary alicyclic amines) is 1. The number of rotatable bonds is 5. The molecule has 0 aromatic heterocycles. The molecule has 0 spiro atoms. The Hall–Kier alpha value is -2.98. The van der Waals surface area contributed by atoms with E-state index in [1.807, 2.05) is 23.1 Å². The highest BCUT2D eigenvalue weighted by atomic mass is 16.2. The lowest BCUT2D eigenvalue weighted by Crippen LogP contribution is -2.52. The predicted octanol–water partition coefficient (Wildman–Crippen LogP) is -0.707. The average molecular weight is 457 g/mol. The van der Waals surface area contributed by atoms with Crippen molar-refractivity contribution >= 4 is 29.3 Å². The number of nitrogens with two attached hydrogens (primary N) is 1. The summed E-state index contributed by atoms with van der Waals surface area (Å²) in [6.07, 6.45) is 2.26. The van der Waals surface area contributed by atoms with Crippen LogP contribution in [-0.2, 0) is 14.4 Å². The molecule has 10 heteroatoms. The van der Waals surface area contributed by atoms with Gasteiger partial charge in [-0.3, -0.25) is 29.4 Å². The van der Waals surface area contributed by atoms with E-state index in [2.05, 4.69) is 20.4 Å². The highest BCUT2D eigenvalue weighted by molar-refractivity contribution is 6.04. The van der Waals surface area contributed by atoms with Gasteiger partial charge in [0.05, 0.1) is 6.54 Å². The molecule has 0 bridgehead atoms. The fourth-order valence-electron chi connectivity index (χ4n) is 4.52. The van der Waals surface area contributed by atoms with Crippen LogP contribution < -0.4 is 21.3 Å². The molecule has 33 heavy (non-hydrogen) atoms. The van der Waals surface area contributed by atoms with Crippen LogP contribution in [0.5, 0.6) is 0 Å². The Morgan fingerprint density at radius 1 is 1.03 bits per heavy atom. The number of amides is 4. The summed E-state index contributed by atoms with van der Waals surface area (Å²) >= 11 is 0. The highest BCUT2D eigenvalue weighted by Gasteiger charge is 2.28. The van der Waals surface area contributed by atoms with E-state index < -0.39 is 11.9 Å². The van der Waals surface area contributed by atoms with Gasteiger partial charge < -0.3 is 20.9 Å². The van der Waals surface area contributed by atoms with Crippen LogP contribution in [-0.4, -0.2) is 91.3 Å². The summed E-state index contributed by atoms with van der Waals surface area (Å²) in [7, 11) is 0. The van der Waals surface area contributed by atoms with Gasteiger partial charge in [-0.25, -0.2) is 0 Å². The molecule has 3 aliphatic rings. The van der Waals surface area contributed by atoms with Gasteiger partial charge >= 0.3 is 0 Å². The van der Waals surface area contributed by atoms with E-state index in [9.17, 15) is 19.2 Å². The molecule has 1 atom stereocenters. The molecule has 4 N–H and O–H groups in total. The molecule has 1 aromatic rings. The van der Waals surface area contributed by atoms with Gasteiger partial charge in [0, 0.05) is 63.0 Å². The summed E-state index contributed by atoms with van der Waals surface area (Å²) in [5.41, 5.74) is 7.33. The van der Waals surface area contributed by atoms with Gasteiger partial charge in [0.1, 0.15) is 6.04 Å². The van der Waals surface area contributed by atoms with E-state index in [-0.39, 0.29) is 30.2 Å². The number of nitrogens with one attached hydrogen (secondary N) is 2. The monoisotopic (exact) mass is 456 g/mol. The Bertz CT molecular complexity index is 906. The van der Waals surface area contributed by atoms with Gasteiger partial charge in [-0.05, 0) is 37.5 Å². The van der Waals surface area contributed by atoms with Crippen molar-refractivity contribution in [2.24, 2.45) is 5.73 Å². The molecule has 1 unspecified atom stereocenters. The van der Waals surface area contributed by atoms with Crippen molar-refractivity contribution in [2.75, 3.05) is 50.7 Å². The number of piperidine rings is 2. The van der Waals surface area contributed by atoms with Gasteiger partial charge in [-0.2, -0.15) is 0 Å². The van der Waals surface area contributed by atoms with E-state index in [0.717, 1.165) is 57.8 Å². The number of imide groups is 1. The Morgan fingerprint density at radius 3 is 2.45 bits per heavy atom. The van der Waals surface area contributed by atoms with Crippen LogP contribution >= 0.6 is 0 Å². The van der Waals surface area contributed by atoms with Crippen LogP contribution in [0.2, 0.25) is 0 Å². The first-order chi connectivity index (χ1) is 15.9. The first-order valence-electron chi connectivity index (χ1n) is 11.6. The molecular weight excluding hydrogens is 424 g/mol. The highest BCUT2D eigenvalue weighted by Crippen LogP contribution is 2.19. The number of piperazine rings is 1.